The molecule has 35 heavy (non-hydrogen) atoms. The van der Waals surface area contributed by atoms with Crippen molar-refractivity contribution in [2.24, 2.45) is 0 Å². The molecule has 0 radical (unpaired) electrons. The third kappa shape index (κ3) is 5.48. The van der Waals surface area contributed by atoms with Crippen molar-refractivity contribution in [2.45, 2.75) is 37.5 Å². The van der Waals surface area contributed by atoms with Crippen LogP contribution in [0, 0.1) is 10.1 Å². The van der Waals surface area contributed by atoms with Crippen LogP contribution in [0.1, 0.15) is 36.8 Å². The van der Waals surface area contributed by atoms with E-state index in [9.17, 15) is 19.7 Å². The molecule has 1 saturated carbocycles. The Morgan fingerprint density at radius 1 is 0.886 bits per heavy atom. The van der Waals surface area contributed by atoms with Gasteiger partial charge in [0, 0.05) is 23.5 Å². The second-order valence-corrected chi connectivity index (χ2v) is 8.70. The fourth-order valence-corrected chi connectivity index (χ4v) is 4.55. The topological polar surface area (TPSA) is 111 Å². The van der Waals surface area contributed by atoms with E-state index in [0.29, 0.717) is 11.3 Å². The number of nitro benzene ring substituents is 1. The second kappa shape index (κ2) is 10.4. The molecule has 2 amide bonds. The van der Waals surface area contributed by atoms with Crippen LogP contribution in [0.3, 0.4) is 0 Å². The van der Waals surface area contributed by atoms with E-state index in [1.807, 2.05) is 48.5 Å². The third-order valence-corrected chi connectivity index (χ3v) is 6.47. The number of benzene rings is 3. The van der Waals surface area contributed by atoms with Gasteiger partial charge in [0.05, 0.1) is 23.9 Å². The van der Waals surface area contributed by atoms with Crippen LogP contribution >= 0.6 is 0 Å². The number of hydrogen-bond acceptors (Lipinski definition) is 5. The number of hydrogen-bond donors (Lipinski definition) is 2. The molecule has 8 nitrogen and oxygen atoms in total. The van der Waals surface area contributed by atoms with E-state index in [0.717, 1.165) is 42.7 Å². The Morgan fingerprint density at radius 3 is 2.03 bits per heavy atom. The molecule has 180 valence electrons. The molecule has 0 bridgehead atoms. The lowest BCUT2D eigenvalue weighted by molar-refractivity contribution is -0.384. The lowest BCUT2D eigenvalue weighted by atomic mass is 9.78. The van der Waals surface area contributed by atoms with E-state index < -0.39 is 10.3 Å². The highest BCUT2D eigenvalue weighted by Crippen LogP contribution is 2.42. The summed E-state index contributed by atoms with van der Waals surface area (Å²) in [7, 11) is 1.60. The van der Waals surface area contributed by atoms with Gasteiger partial charge < -0.3 is 15.4 Å². The van der Waals surface area contributed by atoms with Gasteiger partial charge in [-0.3, -0.25) is 19.7 Å². The van der Waals surface area contributed by atoms with E-state index >= 15 is 0 Å². The Balaban J connectivity index is 1.42. The van der Waals surface area contributed by atoms with Crippen molar-refractivity contribution in [1.29, 1.82) is 0 Å². The standard InChI is InChI=1S/C27H27N3O5/c1-35-24-14-10-22(11-15-24)29-26(32)27(16-2-3-17-27)20-6-8-21(9-7-20)28-25(31)18-19-4-12-23(13-5-19)30(33)34/h4-15H,2-3,16-18H2,1H3,(H,28,31)(H,29,32). The van der Waals surface area contributed by atoms with Gasteiger partial charge in [-0.15, -0.1) is 0 Å². The van der Waals surface area contributed by atoms with Crippen molar-refractivity contribution in [1.82, 2.24) is 0 Å². The normalized spacial score (nSPS) is 14.2. The van der Waals surface area contributed by atoms with Gasteiger partial charge in [-0.25, -0.2) is 0 Å². The highest BCUT2D eigenvalue weighted by atomic mass is 16.6. The maximum Gasteiger partial charge on any atom is 0.269 e. The fraction of sp³-hybridized carbons (Fsp3) is 0.259. The van der Waals surface area contributed by atoms with Gasteiger partial charge in [-0.1, -0.05) is 37.1 Å². The molecule has 4 rings (SSSR count). The van der Waals surface area contributed by atoms with Crippen LogP contribution in [0.2, 0.25) is 0 Å². The van der Waals surface area contributed by atoms with Crippen molar-refractivity contribution in [3.63, 3.8) is 0 Å². The van der Waals surface area contributed by atoms with Crippen LogP contribution < -0.4 is 15.4 Å². The van der Waals surface area contributed by atoms with Crippen molar-refractivity contribution in [3.05, 3.63) is 94.0 Å². The largest absolute Gasteiger partial charge is 0.497 e. The molecule has 8 heteroatoms. The predicted octanol–water partition coefficient (Wildman–Crippen LogP) is 5.24. The number of amides is 2. The smallest absolute Gasteiger partial charge is 0.269 e. The summed E-state index contributed by atoms with van der Waals surface area (Å²) in [5.74, 6) is 0.472. The van der Waals surface area contributed by atoms with Gasteiger partial charge in [0.25, 0.3) is 5.69 Å². The molecule has 0 aromatic heterocycles. The minimum Gasteiger partial charge on any atom is -0.497 e. The van der Waals surface area contributed by atoms with Crippen LogP contribution in [0.25, 0.3) is 0 Å². The highest BCUT2D eigenvalue weighted by molar-refractivity contribution is 5.99. The molecule has 1 aliphatic rings. The Morgan fingerprint density at radius 2 is 1.46 bits per heavy atom. The highest BCUT2D eigenvalue weighted by Gasteiger charge is 2.42. The van der Waals surface area contributed by atoms with Crippen LogP contribution in [-0.2, 0) is 21.4 Å². The maximum absolute atomic E-state index is 13.4. The zero-order chi connectivity index (χ0) is 24.8. The average Bonchev–Trinajstić information content (AvgIpc) is 3.37. The van der Waals surface area contributed by atoms with Crippen molar-refractivity contribution in [2.75, 3.05) is 17.7 Å². The summed E-state index contributed by atoms with van der Waals surface area (Å²) in [5, 5.41) is 16.7. The van der Waals surface area contributed by atoms with Gasteiger partial charge >= 0.3 is 0 Å². The monoisotopic (exact) mass is 473 g/mol. The Labute approximate surface area is 203 Å². The number of anilines is 2. The molecule has 0 spiro atoms. The lowest BCUT2D eigenvalue weighted by Crippen LogP contribution is -2.38. The average molecular weight is 474 g/mol. The van der Waals surface area contributed by atoms with Crippen LogP contribution in [0.15, 0.2) is 72.8 Å². The summed E-state index contributed by atoms with van der Waals surface area (Å²) >= 11 is 0. The first-order valence-corrected chi connectivity index (χ1v) is 11.5. The number of carbonyl (C=O) groups excluding carboxylic acids is 2. The van der Waals surface area contributed by atoms with E-state index in [1.165, 1.54) is 12.1 Å². The molecule has 0 heterocycles. The van der Waals surface area contributed by atoms with E-state index in [2.05, 4.69) is 10.6 Å². The first-order valence-electron chi connectivity index (χ1n) is 11.5. The number of carbonyl (C=O) groups is 2. The number of nitrogens with zero attached hydrogens (tertiary/aromatic N) is 1. The number of methoxy groups -OCH3 is 1. The van der Waals surface area contributed by atoms with Gasteiger partial charge in [-0.05, 0) is 60.4 Å². The van der Waals surface area contributed by atoms with Crippen molar-refractivity contribution < 1.29 is 19.2 Å². The first kappa shape index (κ1) is 23.9. The first-order chi connectivity index (χ1) is 16.9. The summed E-state index contributed by atoms with van der Waals surface area (Å²) in [5.41, 5.74) is 2.34. The Bertz CT molecular complexity index is 1200. The molecular weight excluding hydrogens is 446 g/mol. The predicted molar refractivity (Wildman–Crippen MR) is 134 cm³/mol. The quantitative estimate of drug-likeness (QED) is 0.344. The van der Waals surface area contributed by atoms with E-state index in [-0.39, 0.29) is 23.9 Å². The van der Waals surface area contributed by atoms with E-state index in [1.54, 1.807) is 19.2 Å². The maximum atomic E-state index is 13.4. The van der Waals surface area contributed by atoms with Crippen LogP contribution in [-0.4, -0.2) is 23.8 Å². The minimum atomic E-state index is -0.610. The molecule has 1 aliphatic carbocycles. The van der Waals surface area contributed by atoms with Crippen LogP contribution in [0.4, 0.5) is 17.1 Å². The third-order valence-electron chi connectivity index (χ3n) is 6.47. The molecule has 3 aromatic rings. The Hall–Kier alpha value is -4.20. The molecule has 0 saturated heterocycles. The molecule has 1 fully saturated rings. The molecule has 0 unspecified atom stereocenters. The van der Waals surface area contributed by atoms with Gasteiger partial charge in [0.1, 0.15) is 5.75 Å². The summed E-state index contributed by atoms with van der Waals surface area (Å²) < 4.78 is 5.18. The molecule has 0 atom stereocenters. The number of nitrogens with one attached hydrogen (secondary N) is 2. The summed E-state index contributed by atoms with van der Waals surface area (Å²) in [4.78, 5) is 36.1. The van der Waals surface area contributed by atoms with E-state index in [4.69, 9.17) is 4.74 Å². The second-order valence-electron chi connectivity index (χ2n) is 8.70. The number of rotatable bonds is 8. The summed E-state index contributed by atoms with van der Waals surface area (Å²) in [6.45, 7) is 0. The zero-order valence-electron chi connectivity index (χ0n) is 19.5. The number of ether oxygens (including phenoxy) is 1. The zero-order valence-corrected chi connectivity index (χ0v) is 19.5. The molecule has 0 aliphatic heterocycles. The van der Waals surface area contributed by atoms with Gasteiger partial charge in [-0.2, -0.15) is 0 Å². The van der Waals surface area contributed by atoms with Crippen molar-refractivity contribution in [3.8, 4) is 5.75 Å². The molecule has 3 aromatic carbocycles. The van der Waals surface area contributed by atoms with Crippen molar-refractivity contribution >= 4 is 28.9 Å². The number of non-ortho nitro benzene ring substituents is 1. The number of nitro groups is 1. The summed E-state index contributed by atoms with van der Waals surface area (Å²) in [6, 6.07) is 20.6. The SMILES string of the molecule is COc1ccc(NC(=O)C2(c3ccc(NC(=O)Cc4ccc([N+](=O)[O-])cc4)cc3)CCCC2)cc1. The Kier molecular flexibility index (Phi) is 7.10. The summed E-state index contributed by atoms with van der Waals surface area (Å²) in [6.07, 6.45) is 3.59. The fourth-order valence-electron chi connectivity index (χ4n) is 4.55. The molecular formula is C27H27N3O5. The minimum absolute atomic E-state index is 0.0124. The van der Waals surface area contributed by atoms with Gasteiger partial charge in [0.15, 0.2) is 0 Å². The van der Waals surface area contributed by atoms with Gasteiger partial charge in [0.2, 0.25) is 11.8 Å². The van der Waals surface area contributed by atoms with Crippen LogP contribution in [0.5, 0.6) is 5.75 Å². The molecule has 2 N–H and O–H groups in total. The lowest BCUT2D eigenvalue weighted by Gasteiger charge is -2.28.